The maximum atomic E-state index is 5.42. The average Bonchev–Trinajstić information content (AvgIpc) is 2.61. The van der Waals surface area contributed by atoms with Gasteiger partial charge in [0, 0.05) is 6.07 Å². The summed E-state index contributed by atoms with van der Waals surface area (Å²) >= 11 is 4.78. The second-order valence-corrected chi connectivity index (χ2v) is 3.39. The Morgan fingerprint density at radius 2 is 2.40 bits per heavy atom. The number of hydrogen-bond acceptors (Lipinski definition) is 4. The maximum Gasteiger partial charge on any atom is 0.255 e. The molecule has 0 aliphatic carbocycles. The maximum absolute atomic E-state index is 5.42. The summed E-state index contributed by atoms with van der Waals surface area (Å²) in [4.78, 5) is 4.28. The minimum atomic E-state index is 0.157. The Kier molecular flexibility index (Phi) is 2.55. The van der Waals surface area contributed by atoms with Gasteiger partial charge in [0.25, 0.3) is 5.89 Å². The molecule has 2 aromatic rings. The molecule has 0 unspecified atom stereocenters. The third kappa shape index (κ3) is 1.92. The number of thiocarbonyl (C=S) groups is 1. The van der Waals surface area contributed by atoms with Crippen LogP contribution in [0.4, 0.5) is 0 Å². The smallest absolute Gasteiger partial charge is 0.255 e. The molecule has 0 saturated heterocycles. The monoisotopic (exact) mass is 222 g/mol. The van der Waals surface area contributed by atoms with Gasteiger partial charge in [0.1, 0.15) is 11.3 Å². The molecule has 0 saturated carbocycles. The number of oxazole rings is 1. The number of nitrogens with zero attached hydrogens (tertiary/aromatic N) is 1. The third-order valence-corrected chi connectivity index (χ3v) is 2.06. The Morgan fingerprint density at radius 3 is 3.07 bits per heavy atom. The van der Waals surface area contributed by atoms with E-state index in [1.54, 1.807) is 6.07 Å². The summed E-state index contributed by atoms with van der Waals surface area (Å²) in [5.41, 5.74) is 6.77. The number of nitrogens with two attached hydrogens (primary N) is 1. The molecule has 2 N–H and O–H groups in total. The van der Waals surface area contributed by atoms with Gasteiger partial charge in [0.05, 0.1) is 6.61 Å². The van der Waals surface area contributed by atoms with Crippen molar-refractivity contribution in [1.82, 2.24) is 4.98 Å². The van der Waals surface area contributed by atoms with E-state index in [0.29, 0.717) is 12.2 Å². The van der Waals surface area contributed by atoms with Crippen molar-refractivity contribution in [3.05, 3.63) is 24.1 Å². The SMILES string of the molecule is CCOc1ccc2nc(C(N)=S)oc2c1. The zero-order valence-electron chi connectivity index (χ0n) is 8.19. The summed E-state index contributed by atoms with van der Waals surface area (Å²) in [6.07, 6.45) is 0. The molecule has 0 fully saturated rings. The topological polar surface area (TPSA) is 61.3 Å². The molecule has 0 bridgehead atoms. The van der Waals surface area contributed by atoms with Gasteiger partial charge in [-0.3, -0.25) is 0 Å². The zero-order chi connectivity index (χ0) is 10.8. The van der Waals surface area contributed by atoms with Gasteiger partial charge in [-0.1, -0.05) is 12.2 Å². The lowest BCUT2D eigenvalue weighted by atomic mass is 10.3. The molecular formula is C10H10N2O2S. The van der Waals surface area contributed by atoms with Gasteiger partial charge in [0.15, 0.2) is 10.6 Å². The number of aromatic nitrogens is 1. The summed E-state index contributed by atoms with van der Waals surface area (Å²) in [5, 5.41) is 0. The number of fused-ring (bicyclic) bond motifs is 1. The molecule has 5 heteroatoms. The normalized spacial score (nSPS) is 10.5. The molecule has 78 valence electrons. The van der Waals surface area contributed by atoms with Crippen molar-refractivity contribution < 1.29 is 9.15 Å². The first-order valence-electron chi connectivity index (χ1n) is 4.54. The highest BCUT2D eigenvalue weighted by Crippen LogP contribution is 2.21. The highest BCUT2D eigenvalue weighted by atomic mass is 32.1. The van der Waals surface area contributed by atoms with Crippen LogP contribution >= 0.6 is 12.2 Å². The predicted octanol–water partition coefficient (Wildman–Crippen LogP) is 1.86. The zero-order valence-corrected chi connectivity index (χ0v) is 9.00. The van der Waals surface area contributed by atoms with E-state index in [-0.39, 0.29) is 10.9 Å². The summed E-state index contributed by atoms with van der Waals surface area (Å²) in [6.45, 7) is 2.53. The van der Waals surface area contributed by atoms with Crippen molar-refractivity contribution in [2.24, 2.45) is 5.73 Å². The van der Waals surface area contributed by atoms with Crippen molar-refractivity contribution in [3.8, 4) is 5.75 Å². The first kappa shape index (κ1) is 9.92. The molecule has 0 amide bonds. The summed E-state index contributed by atoms with van der Waals surface area (Å²) in [6, 6.07) is 5.41. The number of hydrogen-bond donors (Lipinski definition) is 1. The average molecular weight is 222 g/mol. The van der Waals surface area contributed by atoms with Gasteiger partial charge in [0.2, 0.25) is 0 Å². The minimum absolute atomic E-state index is 0.157. The van der Waals surface area contributed by atoms with Crippen LogP contribution in [0, 0.1) is 0 Å². The molecule has 0 aliphatic heterocycles. The van der Waals surface area contributed by atoms with E-state index in [9.17, 15) is 0 Å². The van der Waals surface area contributed by atoms with Crippen LogP contribution in [-0.4, -0.2) is 16.6 Å². The molecule has 0 aliphatic rings. The largest absolute Gasteiger partial charge is 0.494 e. The summed E-state index contributed by atoms with van der Waals surface area (Å²) < 4.78 is 10.7. The Labute approximate surface area is 92.0 Å². The van der Waals surface area contributed by atoms with Crippen LogP contribution in [0.5, 0.6) is 5.75 Å². The van der Waals surface area contributed by atoms with Gasteiger partial charge >= 0.3 is 0 Å². The Hall–Kier alpha value is -1.62. The van der Waals surface area contributed by atoms with Crippen LogP contribution in [0.2, 0.25) is 0 Å². The number of rotatable bonds is 3. The first-order chi connectivity index (χ1) is 7.20. The van der Waals surface area contributed by atoms with Crippen LogP contribution in [0.15, 0.2) is 22.6 Å². The molecule has 0 radical (unpaired) electrons. The van der Waals surface area contributed by atoms with Crippen LogP contribution in [0.1, 0.15) is 12.8 Å². The van der Waals surface area contributed by atoms with Gasteiger partial charge < -0.3 is 14.9 Å². The second kappa shape index (κ2) is 3.86. The molecule has 0 atom stereocenters. The van der Waals surface area contributed by atoms with E-state index in [0.717, 1.165) is 11.3 Å². The molecule has 1 aromatic heterocycles. The Morgan fingerprint density at radius 1 is 1.60 bits per heavy atom. The van der Waals surface area contributed by atoms with E-state index < -0.39 is 0 Å². The molecule has 0 spiro atoms. The highest BCUT2D eigenvalue weighted by molar-refractivity contribution is 7.80. The molecule has 1 aromatic carbocycles. The quantitative estimate of drug-likeness (QED) is 0.803. The molecule has 1 heterocycles. The fourth-order valence-corrected chi connectivity index (χ4v) is 1.35. The highest BCUT2D eigenvalue weighted by Gasteiger charge is 2.08. The minimum Gasteiger partial charge on any atom is -0.494 e. The molecule has 4 nitrogen and oxygen atoms in total. The summed E-state index contributed by atoms with van der Waals surface area (Å²) in [7, 11) is 0. The Balaban J connectivity index is 2.47. The lowest BCUT2D eigenvalue weighted by Gasteiger charge is -2.00. The van der Waals surface area contributed by atoms with Crippen LogP contribution in [-0.2, 0) is 0 Å². The standard InChI is InChI=1S/C10H10N2O2S/c1-2-13-6-3-4-7-8(5-6)14-10(12-7)9(11)15/h3-5H,2H2,1H3,(H2,11,15). The van der Waals surface area contributed by atoms with Crippen molar-refractivity contribution in [1.29, 1.82) is 0 Å². The van der Waals surface area contributed by atoms with Gasteiger partial charge in [-0.05, 0) is 19.1 Å². The second-order valence-electron chi connectivity index (χ2n) is 2.95. The Bertz CT molecular complexity index is 507. The predicted molar refractivity (Wildman–Crippen MR) is 61.1 cm³/mol. The van der Waals surface area contributed by atoms with Crippen molar-refractivity contribution in [2.45, 2.75) is 6.92 Å². The third-order valence-electron chi connectivity index (χ3n) is 1.88. The van der Waals surface area contributed by atoms with Gasteiger partial charge in [-0.2, -0.15) is 0 Å². The molecule has 15 heavy (non-hydrogen) atoms. The molecule has 2 rings (SSSR count). The van der Waals surface area contributed by atoms with Crippen LogP contribution in [0.25, 0.3) is 11.1 Å². The van der Waals surface area contributed by atoms with E-state index in [1.165, 1.54) is 0 Å². The molecular weight excluding hydrogens is 212 g/mol. The van der Waals surface area contributed by atoms with Crippen molar-refractivity contribution in [3.63, 3.8) is 0 Å². The first-order valence-corrected chi connectivity index (χ1v) is 4.94. The summed E-state index contributed by atoms with van der Waals surface area (Å²) in [5.74, 6) is 1.03. The van der Waals surface area contributed by atoms with Gasteiger partial charge in [-0.15, -0.1) is 0 Å². The van der Waals surface area contributed by atoms with Crippen molar-refractivity contribution >= 4 is 28.3 Å². The fraction of sp³-hybridized carbons (Fsp3) is 0.200. The van der Waals surface area contributed by atoms with Crippen LogP contribution in [0.3, 0.4) is 0 Å². The van der Waals surface area contributed by atoms with Crippen LogP contribution < -0.4 is 10.5 Å². The van der Waals surface area contributed by atoms with E-state index in [2.05, 4.69) is 4.98 Å². The van der Waals surface area contributed by atoms with Gasteiger partial charge in [-0.25, -0.2) is 4.98 Å². The fourth-order valence-electron chi connectivity index (χ4n) is 1.27. The number of benzene rings is 1. The lowest BCUT2D eigenvalue weighted by molar-refractivity contribution is 0.340. The van der Waals surface area contributed by atoms with E-state index in [4.69, 9.17) is 27.1 Å². The lowest BCUT2D eigenvalue weighted by Crippen LogP contribution is -2.09. The van der Waals surface area contributed by atoms with E-state index >= 15 is 0 Å². The van der Waals surface area contributed by atoms with Crippen molar-refractivity contribution in [2.75, 3.05) is 6.61 Å². The van der Waals surface area contributed by atoms with E-state index in [1.807, 2.05) is 19.1 Å². The number of ether oxygens (including phenoxy) is 1.